The molecule has 1 N–H and O–H groups in total. The summed E-state index contributed by atoms with van der Waals surface area (Å²) in [6.07, 6.45) is 0.364. The molecule has 220 valence electrons. The Kier molecular flexibility index (Phi) is 11.0. The summed E-state index contributed by atoms with van der Waals surface area (Å²) in [5.41, 5.74) is 3.60. The lowest BCUT2D eigenvalue weighted by Crippen LogP contribution is -2.52. The van der Waals surface area contributed by atoms with E-state index in [0.29, 0.717) is 29.2 Å². The Morgan fingerprint density at radius 3 is 2.20 bits per heavy atom. The fourth-order valence-electron chi connectivity index (χ4n) is 4.53. The van der Waals surface area contributed by atoms with Crippen LogP contribution in [0.5, 0.6) is 0 Å². The highest BCUT2D eigenvalue weighted by molar-refractivity contribution is 7.92. The van der Waals surface area contributed by atoms with Crippen LogP contribution in [0.4, 0.5) is 5.69 Å². The molecule has 3 aromatic rings. The van der Waals surface area contributed by atoms with Gasteiger partial charge in [0.05, 0.1) is 10.6 Å². The van der Waals surface area contributed by atoms with Gasteiger partial charge in [-0.15, -0.1) is 0 Å². The molecule has 0 aliphatic carbocycles. The van der Waals surface area contributed by atoms with Crippen LogP contribution in [0, 0.1) is 26.7 Å². The first-order valence-corrected chi connectivity index (χ1v) is 15.6. The van der Waals surface area contributed by atoms with E-state index in [9.17, 15) is 18.0 Å². The number of nitrogens with one attached hydrogen (secondary N) is 1. The van der Waals surface area contributed by atoms with Crippen LogP contribution in [0.3, 0.4) is 0 Å². The highest BCUT2D eigenvalue weighted by Crippen LogP contribution is 2.31. The van der Waals surface area contributed by atoms with Crippen LogP contribution in [0.15, 0.2) is 71.6 Å². The summed E-state index contributed by atoms with van der Waals surface area (Å²) in [5, 5.41) is 3.33. The van der Waals surface area contributed by atoms with Crippen molar-refractivity contribution >= 4 is 39.1 Å². The quantitative estimate of drug-likeness (QED) is 0.276. The van der Waals surface area contributed by atoms with Crippen LogP contribution in [-0.4, -0.2) is 44.3 Å². The Labute approximate surface area is 249 Å². The highest BCUT2D eigenvalue weighted by atomic mass is 35.5. The van der Waals surface area contributed by atoms with Crippen LogP contribution in [-0.2, 0) is 26.2 Å². The van der Waals surface area contributed by atoms with Crippen molar-refractivity contribution < 1.29 is 18.0 Å². The third-order valence-corrected chi connectivity index (χ3v) is 9.25. The molecule has 3 rings (SSSR count). The van der Waals surface area contributed by atoms with E-state index < -0.39 is 28.5 Å². The minimum atomic E-state index is -4.17. The summed E-state index contributed by atoms with van der Waals surface area (Å²) >= 11 is 6.40. The van der Waals surface area contributed by atoms with E-state index in [1.165, 1.54) is 17.0 Å². The van der Waals surface area contributed by atoms with Gasteiger partial charge in [-0.05, 0) is 74.1 Å². The molecule has 1 unspecified atom stereocenters. The number of rotatable bonds is 12. The molecule has 2 amide bonds. The highest BCUT2D eigenvalue weighted by Gasteiger charge is 2.34. The monoisotopic (exact) mass is 597 g/mol. The fraction of sp³-hybridized carbons (Fsp3) is 0.375. The van der Waals surface area contributed by atoms with Crippen molar-refractivity contribution in [2.45, 2.75) is 65.4 Å². The van der Waals surface area contributed by atoms with Crippen molar-refractivity contribution in [1.82, 2.24) is 10.2 Å². The Hall–Kier alpha value is -3.36. The second kappa shape index (κ2) is 14.0. The van der Waals surface area contributed by atoms with Crippen LogP contribution in [0.2, 0.25) is 5.02 Å². The maximum atomic E-state index is 14.2. The zero-order chi connectivity index (χ0) is 30.3. The Morgan fingerprint density at radius 1 is 0.927 bits per heavy atom. The molecular weight excluding hydrogens is 558 g/mol. The van der Waals surface area contributed by atoms with Gasteiger partial charge in [-0.1, -0.05) is 80.4 Å². The van der Waals surface area contributed by atoms with Crippen molar-refractivity contribution in [2.75, 3.05) is 17.4 Å². The summed E-state index contributed by atoms with van der Waals surface area (Å²) in [7, 11) is -4.17. The summed E-state index contributed by atoms with van der Waals surface area (Å²) in [4.78, 5) is 29.1. The lowest BCUT2D eigenvalue weighted by molar-refractivity contribution is -0.140. The molecular formula is C32H40ClN3O4S. The van der Waals surface area contributed by atoms with E-state index in [1.54, 1.807) is 37.3 Å². The maximum absolute atomic E-state index is 14.2. The Balaban J connectivity index is 2.10. The van der Waals surface area contributed by atoms with Crippen molar-refractivity contribution in [3.05, 3.63) is 94.0 Å². The van der Waals surface area contributed by atoms with E-state index in [0.717, 1.165) is 21.0 Å². The molecule has 41 heavy (non-hydrogen) atoms. The largest absolute Gasteiger partial charge is 0.354 e. The first kappa shape index (κ1) is 32.2. The van der Waals surface area contributed by atoms with Gasteiger partial charge in [0, 0.05) is 18.1 Å². The van der Waals surface area contributed by atoms with Crippen molar-refractivity contribution in [2.24, 2.45) is 5.92 Å². The minimum Gasteiger partial charge on any atom is -0.354 e. The molecule has 1 atom stereocenters. The predicted octanol–water partition coefficient (Wildman–Crippen LogP) is 6.04. The molecule has 0 aromatic heterocycles. The molecule has 0 fully saturated rings. The molecule has 0 saturated carbocycles. The normalized spacial score (nSPS) is 12.2. The summed E-state index contributed by atoms with van der Waals surface area (Å²) < 4.78 is 29.2. The molecule has 0 bridgehead atoms. The van der Waals surface area contributed by atoms with E-state index in [-0.39, 0.29) is 23.3 Å². The Bertz CT molecular complexity index is 1470. The first-order chi connectivity index (χ1) is 19.4. The number of halogens is 1. The van der Waals surface area contributed by atoms with Crippen molar-refractivity contribution in [1.29, 1.82) is 0 Å². The van der Waals surface area contributed by atoms with E-state index in [1.807, 2.05) is 58.9 Å². The average molecular weight is 598 g/mol. The van der Waals surface area contributed by atoms with Gasteiger partial charge in [0.1, 0.15) is 12.6 Å². The first-order valence-electron chi connectivity index (χ1n) is 13.8. The number of hydrogen-bond acceptors (Lipinski definition) is 4. The number of aryl methyl sites for hydroxylation is 2. The molecule has 0 heterocycles. The van der Waals surface area contributed by atoms with Gasteiger partial charge in [0.25, 0.3) is 10.0 Å². The minimum absolute atomic E-state index is 0.0578. The lowest BCUT2D eigenvalue weighted by atomic mass is 10.1. The van der Waals surface area contributed by atoms with Gasteiger partial charge in [0.2, 0.25) is 11.8 Å². The molecule has 0 aliphatic rings. The standard InChI is InChI=1S/C32H40ClN3O4S/c1-7-29(32(38)34-19-22(2)3)35(20-26-12-9-8-11-24(26)5)31(37)21-36(30-14-10-13-28(33)25(30)6)41(39,40)27-17-15-23(4)16-18-27/h8-18,22,29H,7,19-21H2,1-6H3,(H,34,38). The third-order valence-electron chi connectivity index (χ3n) is 7.07. The number of benzene rings is 3. The average Bonchev–Trinajstić information content (AvgIpc) is 2.93. The van der Waals surface area contributed by atoms with Gasteiger partial charge in [-0.3, -0.25) is 13.9 Å². The predicted molar refractivity (Wildman–Crippen MR) is 166 cm³/mol. The zero-order valence-corrected chi connectivity index (χ0v) is 26.2. The molecule has 9 heteroatoms. The molecule has 0 aliphatic heterocycles. The van der Waals surface area contributed by atoms with E-state index in [4.69, 9.17) is 11.6 Å². The molecule has 3 aromatic carbocycles. The second-order valence-electron chi connectivity index (χ2n) is 10.7. The number of sulfonamides is 1. The maximum Gasteiger partial charge on any atom is 0.264 e. The lowest BCUT2D eigenvalue weighted by Gasteiger charge is -2.34. The van der Waals surface area contributed by atoms with Gasteiger partial charge in [-0.25, -0.2) is 8.42 Å². The van der Waals surface area contributed by atoms with Crippen LogP contribution in [0.1, 0.15) is 49.4 Å². The summed E-state index contributed by atoms with van der Waals surface area (Å²) in [5.74, 6) is -0.525. The Morgan fingerprint density at radius 2 is 1.59 bits per heavy atom. The van der Waals surface area contributed by atoms with Crippen molar-refractivity contribution in [3.8, 4) is 0 Å². The number of carbonyl (C=O) groups is 2. The fourth-order valence-corrected chi connectivity index (χ4v) is 6.17. The number of anilines is 1. The molecule has 0 spiro atoms. The smallest absolute Gasteiger partial charge is 0.264 e. The zero-order valence-electron chi connectivity index (χ0n) is 24.6. The molecule has 0 radical (unpaired) electrons. The van der Waals surface area contributed by atoms with Crippen LogP contribution in [0.25, 0.3) is 0 Å². The van der Waals surface area contributed by atoms with Gasteiger partial charge in [-0.2, -0.15) is 0 Å². The van der Waals surface area contributed by atoms with Gasteiger partial charge >= 0.3 is 0 Å². The third kappa shape index (κ3) is 7.89. The SMILES string of the molecule is CCC(C(=O)NCC(C)C)N(Cc1ccccc1C)C(=O)CN(c1cccc(Cl)c1C)S(=O)(=O)c1ccc(C)cc1. The van der Waals surface area contributed by atoms with Crippen LogP contribution < -0.4 is 9.62 Å². The number of amides is 2. The topological polar surface area (TPSA) is 86.8 Å². The number of hydrogen-bond donors (Lipinski definition) is 1. The van der Waals surface area contributed by atoms with E-state index in [2.05, 4.69) is 5.32 Å². The number of carbonyl (C=O) groups excluding carboxylic acids is 2. The molecule has 0 saturated heterocycles. The summed E-state index contributed by atoms with van der Waals surface area (Å²) in [6, 6.07) is 18.3. The van der Waals surface area contributed by atoms with Gasteiger partial charge < -0.3 is 10.2 Å². The van der Waals surface area contributed by atoms with E-state index >= 15 is 0 Å². The van der Waals surface area contributed by atoms with Crippen LogP contribution >= 0.6 is 11.6 Å². The molecule has 7 nitrogen and oxygen atoms in total. The summed E-state index contributed by atoms with van der Waals surface area (Å²) in [6.45, 7) is 11.5. The number of nitrogens with zero attached hydrogens (tertiary/aromatic N) is 2. The second-order valence-corrected chi connectivity index (χ2v) is 13.0. The van der Waals surface area contributed by atoms with Gasteiger partial charge in [0.15, 0.2) is 0 Å². The van der Waals surface area contributed by atoms with Crippen molar-refractivity contribution in [3.63, 3.8) is 0 Å².